The summed E-state index contributed by atoms with van der Waals surface area (Å²) in [5.74, 6) is 1.15. The molecule has 0 radical (unpaired) electrons. The Labute approximate surface area is 179 Å². The number of anilines is 1. The highest BCUT2D eigenvalue weighted by Crippen LogP contribution is 2.45. The Morgan fingerprint density at radius 3 is 2.74 bits per heavy atom. The fourth-order valence-electron chi connectivity index (χ4n) is 5.32. The molecule has 0 unspecified atom stereocenters. The van der Waals surface area contributed by atoms with Crippen molar-refractivity contribution in [1.29, 1.82) is 0 Å². The number of hydrogen-bond acceptors (Lipinski definition) is 5. The summed E-state index contributed by atoms with van der Waals surface area (Å²) in [6.07, 6.45) is 6.06. The second-order valence-corrected chi connectivity index (χ2v) is 9.44. The van der Waals surface area contributed by atoms with Gasteiger partial charge in [-0.15, -0.1) is 5.10 Å². The fraction of sp³-hybridized carbons (Fsp3) is 0.435. The lowest BCUT2D eigenvalue weighted by Crippen LogP contribution is -2.63. The maximum atomic E-state index is 14.9. The van der Waals surface area contributed by atoms with Crippen molar-refractivity contribution in [3.63, 3.8) is 0 Å². The minimum Gasteiger partial charge on any atom is -0.350 e. The quantitative estimate of drug-likeness (QED) is 0.524. The second kappa shape index (κ2) is 6.50. The van der Waals surface area contributed by atoms with Gasteiger partial charge >= 0.3 is 0 Å². The van der Waals surface area contributed by atoms with Gasteiger partial charge in [-0.25, -0.2) is 18.9 Å². The molecule has 1 aliphatic carbocycles. The van der Waals surface area contributed by atoms with Crippen molar-refractivity contribution < 1.29 is 4.39 Å². The van der Waals surface area contributed by atoms with Crippen molar-refractivity contribution in [3.8, 4) is 11.1 Å². The molecule has 160 valence electrons. The maximum Gasteiger partial charge on any atom is 0.241 e. The van der Waals surface area contributed by atoms with Crippen LogP contribution >= 0.6 is 0 Å². The van der Waals surface area contributed by atoms with Gasteiger partial charge in [0.25, 0.3) is 0 Å². The molecular formula is C23H26FN7. The number of halogens is 1. The van der Waals surface area contributed by atoms with Gasteiger partial charge in [-0.3, -0.25) is 0 Å². The molecule has 1 saturated carbocycles. The van der Waals surface area contributed by atoms with Gasteiger partial charge in [-0.05, 0) is 62.8 Å². The van der Waals surface area contributed by atoms with E-state index in [-0.39, 0.29) is 11.9 Å². The predicted octanol–water partition coefficient (Wildman–Crippen LogP) is 3.94. The molecule has 2 N–H and O–H groups in total. The normalized spacial score (nSPS) is 18.1. The van der Waals surface area contributed by atoms with Crippen molar-refractivity contribution >= 4 is 22.5 Å². The van der Waals surface area contributed by atoms with E-state index < -0.39 is 0 Å². The number of fused-ring (bicyclic) bond motifs is 2. The molecule has 1 spiro atoms. The van der Waals surface area contributed by atoms with Gasteiger partial charge in [0.05, 0.1) is 17.2 Å². The third kappa shape index (κ3) is 2.85. The van der Waals surface area contributed by atoms with Gasteiger partial charge < -0.3 is 15.2 Å². The average molecular weight is 420 g/mol. The largest absolute Gasteiger partial charge is 0.350 e. The van der Waals surface area contributed by atoms with Gasteiger partial charge in [0.1, 0.15) is 11.3 Å². The number of imidazole rings is 1. The molecule has 1 saturated heterocycles. The number of benzene rings is 1. The van der Waals surface area contributed by atoms with Crippen LogP contribution in [0.5, 0.6) is 0 Å². The van der Waals surface area contributed by atoms with E-state index in [1.165, 1.54) is 12.8 Å². The Balaban J connectivity index is 1.34. The highest BCUT2D eigenvalue weighted by molar-refractivity contribution is 5.88. The molecule has 31 heavy (non-hydrogen) atoms. The topological polar surface area (TPSA) is 72.1 Å². The monoisotopic (exact) mass is 419 g/mol. The molecule has 6 rings (SSSR count). The molecule has 1 aromatic carbocycles. The van der Waals surface area contributed by atoms with Crippen molar-refractivity contribution in [2.45, 2.75) is 45.7 Å². The van der Waals surface area contributed by atoms with Gasteiger partial charge in [-0.2, -0.15) is 0 Å². The molecule has 0 atom stereocenters. The summed E-state index contributed by atoms with van der Waals surface area (Å²) < 4.78 is 18.8. The summed E-state index contributed by atoms with van der Waals surface area (Å²) in [7, 11) is 0. The summed E-state index contributed by atoms with van der Waals surface area (Å²) in [6.45, 7) is 8.34. The highest BCUT2D eigenvalue weighted by atomic mass is 19.1. The molecule has 1 aliphatic heterocycles. The lowest BCUT2D eigenvalue weighted by molar-refractivity contribution is 0.0467. The molecule has 3 aromatic heterocycles. The van der Waals surface area contributed by atoms with E-state index in [0.717, 1.165) is 41.1 Å². The zero-order valence-corrected chi connectivity index (χ0v) is 18.0. The molecular weight excluding hydrogens is 393 g/mol. The first-order chi connectivity index (χ1) is 14.9. The van der Waals surface area contributed by atoms with E-state index in [0.29, 0.717) is 22.9 Å². The van der Waals surface area contributed by atoms with E-state index in [9.17, 15) is 4.39 Å². The van der Waals surface area contributed by atoms with Gasteiger partial charge in [-0.1, -0.05) is 0 Å². The van der Waals surface area contributed by atoms with Crippen LogP contribution in [0.4, 0.5) is 10.3 Å². The maximum absolute atomic E-state index is 14.9. The molecule has 4 aromatic rings. The number of nitrogens with one attached hydrogen (secondary N) is 2. The number of aromatic nitrogens is 5. The van der Waals surface area contributed by atoms with Crippen molar-refractivity contribution in [2.24, 2.45) is 5.41 Å². The van der Waals surface area contributed by atoms with E-state index in [4.69, 9.17) is 0 Å². The summed E-state index contributed by atoms with van der Waals surface area (Å²) in [6, 6.07) is 6.17. The lowest BCUT2D eigenvalue weighted by atomic mass is 9.62. The smallest absolute Gasteiger partial charge is 0.241 e. The van der Waals surface area contributed by atoms with Gasteiger partial charge in [0.2, 0.25) is 5.95 Å². The fourth-order valence-corrected chi connectivity index (χ4v) is 5.32. The van der Waals surface area contributed by atoms with Crippen LogP contribution < -0.4 is 10.6 Å². The number of aryl methyl sites for hydroxylation is 1. The zero-order valence-electron chi connectivity index (χ0n) is 18.0. The van der Waals surface area contributed by atoms with Crippen molar-refractivity contribution in [1.82, 2.24) is 29.5 Å². The van der Waals surface area contributed by atoms with E-state index >= 15 is 0 Å². The molecule has 2 aliphatic rings. The van der Waals surface area contributed by atoms with Crippen LogP contribution in [0.2, 0.25) is 0 Å². The average Bonchev–Trinajstić information content (AvgIpc) is 3.23. The van der Waals surface area contributed by atoms with E-state index in [1.54, 1.807) is 6.07 Å². The van der Waals surface area contributed by atoms with Crippen LogP contribution in [0.1, 0.15) is 38.6 Å². The molecule has 2 fully saturated rings. The first-order valence-electron chi connectivity index (χ1n) is 10.9. The Morgan fingerprint density at radius 2 is 2.03 bits per heavy atom. The number of hydrogen-bond donors (Lipinski definition) is 2. The minimum absolute atomic E-state index is 0.198. The summed E-state index contributed by atoms with van der Waals surface area (Å²) in [5.41, 5.74) is 4.30. The van der Waals surface area contributed by atoms with Crippen LogP contribution in [0.3, 0.4) is 0 Å². The van der Waals surface area contributed by atoms with Crippen LogP contribution in [-0.2, 0) is 0 Å². The summed E-state index contributed by atoms with van der Waals surface area (Å²) in [4.78, 5) is 8.98. The predicted molar refractivity (Wildman–Crippen MR) is 119 cm³/mol. The third-order valence-electron chi connectivity index (χ3n) is 6.86. The van der Waals surface area contributed by atoms with Crippen molar-refractivity contribution in [2.75, 3.05) is 18.4 Å². The van der Waals surface area contributed by atoms with Gasteiger partial charge in [0.15, 0.2) is 5.82 Å². The molecule has 8 heteroatoms. The van der Waals surface area contributed by atoms with Crippen molar-refractivity contribution in [3.05, 3.63) is 42.2 Å². The first kappa shape index (κ1) is 18.7. The number of nitrogens with zero attached hydrogens (tertiary/aromatic N) is 5. The summed E-state index contributed by atoms with van der Waals surface area (Å²) in [5, 5.41) is 11.5. The Morgan fingerprint density at radius 1 is 1.23 bits per heavy atom. The third-order valence-corrected chi connectivity index (χ3v) is 6.86. The van der Waals surface area contributed by atoms with E-state index in [1.807, 2.05) is 36.0 Å². The SMILES string of the molecule is Cc1nc2c(F)cc(-c3ccn4nc(NC5CC6(CNC6)C5)ncc34)cc2n1C(C)C. The van der Waals surface area contributed by atoms with E-state index in [2.05, 4.69) is 44.1 Å². The Hall–Kier alpha value is -3.00. The van der Waals surface area contributed by atoms with Gasteiger partial charge in [0, 0.05) is 36.9 Å². The highest BCUT2D eigenvalue weighted by Gasteiger charge is 2.48. The zero-order chi connectivity index (χ0) is 21.3. The standard InChI is InChI=1S/C23H26FN7/c1-13(2)31-14(3)27-21-18(24)6-15(7-19(21)31)17-4-5-30-20(17)10-26-22(29-30)28-16-8-23(9-16)11-25-12-23/h4-7,10,13,16,25H,8-9,11-12H2,1-3H3,(H,28,29). The lowest BCUT2D eigenvalue weighted by Gasteiger charge is -2.54. The van der Waals surface area contributed by atoms with Crippen LogP contribution in [0.15, 0.2) is 30.6 Å². The Bertz CT molecular complexity index is 1310. The van der Waals surface area contributed by atoms with Crippen LogP contribution in [-0.4, -0.2) is 43.3 Å². The second-order valence-electron chi connectivity index (χ2n) is 9.44. The molecule has 0 amide bonds. The minimum atomic E-state index is -0.307. The molecule has 0 bridgehead atoms. The van der Waals surface area contributed by atoms with Crippen LogP contribution in [0.25, 0.3) is 27.7 Å². The Kier molecular flexibility index (Phi) is 3.93. The number of rotatable bonds is 4. The molecule has 7 nitrogen and oxygen atoms in total. The van der Waals surface area contributed by atoms with Crippen LogP contribution in [0, 0.1) is 18.2 Å². The summed E-state index contributed by atoms with van der Waals surface area (Å²) >= 11 is 0. The first-order valence-corrected chi connectivity index (χ1v) is 10.9. The molecule has 4 heterocycles.